The van der Waals surface area contributed by atoms with E-state index in [1.807, 2.05) is 13.8 Å². The third kappa shape index (κ3) is 3.20. The van der Waals surface area contributed by atoms with Crippen LogP contribution >= 0.6 is 0 Å². The fraction of sp³-hybridized carbons (Fsp3) is 0.583. The molecule has 84 valence electrons. The lowest BCUT2D eigenvalue weighted by atomic mass is 10.1. The van der Waals surface area contributed by atoms with Gasteiger partial charge in [-0.2, -0.15) is 0 Å². The maximum Gasteiger partial charge on any atom is 0.0891 e. The molecule has 1 aromatic rings. The Hall–Kier alpha value is -1.09. The first kappa shape index (κ1) is 12.0. The van der Waals surface area contributed by atoms with Crippen molar-refractivity contribution in [2.45, 2.75) is 34.3 Å². The molecule has 0 radical (unpaired) electrons. The van der Waals surface area contributed by atoms with Gasteiger partial charge in [0.25, 0.3) is 0 Å². The lowest BCUT2D eigenvalue weighted by Gasteiger charge is -2.11. The summed E-state index contributed by atoms with van der Waals surface area (Å²) < 4.78 is 5.54. The third-order valence-corrected chi connectivity index (χ3v) is 2.37. The van der Waals surface area contributed by atoms with Crippen molar-refractivity contribution in [1.82, 2.24) is 4.98 Å². The predicted molar refractivity (Wildman–Crippen MR) is 62.6 cm³/mol. The molecule has 0 aliphatic carbocycles. The van der Waals surface area contributed by atoms with Crippen molar-refractivity contribution in [2.24, 2.45) is 5.92 Å². The summed E-state index contributed by atoms with van der Waals surface area (Å²) in [5.41, 5.74) is 9.76. The second-order valence-corrected chi connectivity index (χ2v) is 4.34. The summed E-state index contributed by atoms with van der Waals surface area (Å²) in [6.45, 7) is 9.52. The number of nitrogens with two attached hydrogens (primary N) is 1. The molecule has 0 fully saturated rings. The topological polar surface area (TPSA) is 48.1 Å². The molecule has 0 amide bonds. The number of nitrogens with zero attached hydrogens (tertiary/aromatic N) is 1. The minimum Gasteiger partial charge on any atom is -0.398 e. The smallest absolute Gasteiger partial charge is 0.0891 e. The Labute approximate surface area is 91.7 Å². The summed E-state index contributed by atoms with van der Waals surface area (Å²) in [5.74, 6) is 0.549. The van der Waals surface area contributed by atoms with Gasteiger partial charge in [-0.05, 0) is 30.9 Å². The van der Waals surface area contributed by atoms with Crippen LogP contribution in [0.4, 0.5) is 5.69 Å². The Kier molecular flexibility index (Phi) is 4.09. The molecule has 0 saturated heterocycles. The highest BCUT2D eigenvalue weighted by atomic mass is 16.5. The zero-order valence-electron chi connectivity index (χ0n) is 10.0. The van der Waals surface area contributed by atoms with E-state index in [0.717, 1.165) is 29.1 Å². The van der Waals surface area contributed by atoms with E-state index in [2.05, 4.69) is 18.8 Å². The van der Waals surface area contributed by atoms with Gasteiger partial charge in [0.05, 0.1) is 12.3 Å². The average molecular weight is 208 g/mol. The number of ether oxygens (including phenoxy) is 1. The van der Waals surface area contributed by atoms with Gasteiger partial charge in [-0.1, -0.05) is 13.8 Å². The molecule has 0 unspecified atom stereocenters. The quantitative estimate of drug-likeness (QED) is 0.826. The van der Waals surface area contributed by atoms with Gasteiger partial charge >= 0.3 is 0 Å². The number of anilines is 1. The first-order valence-corrected chi connectivity index (χ1v) is 5.30. The molecule has 0 aliphatic rings. The molecular weight excluding hydrogens is 188 g/mol. The fourth-order valence-electron chi connectivity index (χ4n) is 1.33. The molecular formula is C12H20N2O. The highest BCUT2D eigenvalue weighted by Gasteiger charge is 2.06. The van der Waals surface area contributed by atoms with Crippen LogP contribution in [0.1, 0.15) is 30.7 Å². The number of aromatic nitrogens is 1. The molecule has 3 nitrogen and oxygen atoms in total. The molecule has 15 heavy (non-hydrogen) atoms. The van der Waals surface area contributed by atoms with Crippen LogP contribution in [0.3, 0.4) is 0 Å². The first-order valence-electron chi connectivity index (χ1n) is 5.30. The Balaban J connectivity index is 2.66. The summed E-state index contributed by atoms with van der Waals surface area (Å²) >= 11 is 0. The summed E-state index contributed by atoms with van der Waals surface area (Å²) in [5, 5.41) is 0. The minimum atomic E-state index is 0.549. The number of pyridine rings is 1. The lowest BCUT2D eigenvalue weighted by Crippen LogP contribution is -2.06. The monoisotopic (exact) mass is 208 g/mol. The van der Waals surface area contributed by atoms with Crippen molar-refractivity contribution in [3.05, 3.63) is 23.0 Å². The molecule has 3 heteroatoms. The molecule has 1 aromatic heterocycles. The summed E-state index contributed by atoms with van der Waals surface area (Å²) in [6.07, 6.45) is 1.80. The van der Waals surface area contributed by atoms with Crippen molar-refractivity contribution in [3.63, 3.8) is 0 Å². The second-order valence-electron chi connectivity index (χ2n) is 4.34. The molecule has 2 N–H and O–H groups in total. The summed E-state index contributed by atoms with van der Waals surface area (Å²) in [4.78, 5) is 4.33. The normalized spacial score (nSPS) is 11.0. The van der Waals surface area contributed by atoms with E-state index in [1.165, 1.54) is 0 Å². The van der Waals surface area contributed by atoms with E-state index >= 15 is 0 Å². The van der Waals surface area contributed by atoms with Gasteiger partial charge in [0.1, 0.15) is 0 Å². The molecule has 0 aromatic carbocycles. The number of rotatable bonds is 4. The molecule has 1 rings (SSSR count). The van der Waals surface area contributed by atoms with Gasteiger partial charge < -0.3 is 10.5 Å². The Bertz CT molecular complexity index is 335. The van der Waals surface area contributed by atoms with Crippen LogP contribution in [0.5, 0.6) is 0 Å². The second kappa shape index (κ2) is 5.12. The Morgan fingerprint density at radius 1 is 1.40 bits per heavy atom. The van der Waals surface area contributed by atoms with Crippen LogP contribution in [0.25, 0.3) is 0 Å². The average Bonchev–Trinajstić information content (AvgIpc) is 2.18. The fourth-order valence-corrected chi connectivity index (χ4v) is 1.33. The molecule has 0 spiro atoms. The van der Waals surface area contributed by atoms with Crippen LogP contribution in [0, 0.1) is 19.8 Å². The van der Waals surface area contributed by atoms with E-state index in [9.17, 15) is 0 Å². The van der Waals surface area contributed by atoms with Crippen molar-refractivity contribution < 1.29 is 4.74 Å². The Morgan fingerprint density at radius 2 is 2.07 bits per heavy atom. The highest BCUT2D eigenvalue weighted by Crippen LogP contribution is 2.18. The number of hydrogen-bond donors (Lipinski definition) is 1. The third-order valence-electron chi connectivity index (χ3n) is 2.37. The van der Waals surface area contributed by atoms with Gasteiger partial charge in [0.2, 0.25) is 0 Å². The standard InChI is InChI=1S/C12H20N2O/c1-8(2)6-15-7-11-10(4)12(13)9(3)5-14-11/h5,8H,6-7H2,1-4H3,(H2,13,14). The van der Waals surface area contributed by atoms with Crippen LogP contribution in [0.15, 0.2) is 6.20 Å². The number of hydrogen-bond acceptors (Lipinski definition) is 3. The number of aryl methyl sites for hydroxylation is 1. The molecule has 0 atom stereocenters. The SMILES string of the molecule is Cc1cnc(COCC(C)C)c(C)c1N. The number of nitrogen functional groups attached to an aromatic ring is 1. The van der Waals surface area contributed by atoms with Crippen molar-refractivity contribution in [1.29, 1.82) is 0 Å². The van der Waals surface area contributed by atoms with E-state index in [1.54, 1.807) is 6.20 Å². The predicted octanol–water partition coefficient (Wildman–Crippen LogP) is 2.45. The van der Waals surface area contributed by atoms with Crippen LogP contribution < -0.4 is 5.73 Å². The van der Waals surface area contributed by atoms with Crippen molar-refractivity contribution in [3.8, 4) is 0 Å². The van der Waals surface area contributed by atoms with E-state index in [4.69, 9.17) is 10.5 Å². The first-order chi connectivity index (χ1) is 7.02. The molecule has 0 aliphatic heterocycles. The van der Waals surface area contributed by atoms with Crippen LogP contribution in [-0.2, 0) is 11.3 Å². The zero-order valence-corrected chi connectivity index (χ0v) is 10.0. The highest BCUT2D eigenvalue weighted by molar-refractivity contribution is 5.53. The molecule has 0 saturated carbocycles. The zero-order chi connectivity index (χ0) is 11.4. The van der Waals surface area contributed by atoms with Gasteiger partial charge in [-0.15, -0.1) is 0 Å². The van der Waals surface area contributed by atoms with Crippen LogP contribution in [0.2, 0.25) is 0 Å². The molecule has 1 heterocycles. The lowest BCUT2D eigenvalue weighted by molar-refractivity contribution is 0.0945. The van der Waals surface area contributed by atoms with Gasteiger partial charge in [0, 0.05) is 18.5 Å². The van der Waals surface area contributed by atoms with E-state index in [-0.39, 0.29) is 0 Å². The Morgan fingerprint density at radius 3 is 2.67 bits per heavy atom. The maximum absolute atomic E-state index is 5.92. The summed E-state index contributed by atoms with van der Waals surface area (Å²) in [6, 6.07) is 0. The van der Waals surface area contributed by atoms with E-state index in [0.29, 0.717) is 12.5 Å². The maximum atomic E-state index is 5.92. The largest absolute Gasteiger partial charge is 0.398 e. The van der Waals surface area contributed by atoms with Gasteiger partial charge in [-0.3, -0.25) is 4.98 Å². The van der Waals surface area contributed by atoms with E-state index < -0.39 is 0 Å². The minimum absolute atomic E-state index is 0.549. The van der Waals surface area contributed by atoms with Crippen LogP contribution in [-0.4, -0.2) is 11.6 Å². The van der Waals surface area contributed by atoms with Crippen molar-refractivity contribution in [2.75, 3.05) is 12.3 Å². The summed E-state index contributed by atoms with van der Waals surface area (Å²) in [7, 11) is 0. The van der Waals surface area contributed by atoms with Gasteiger partial charge in [-0.25, -0.2) is 0 Å². The van der Waals surface area contributed by atoms with Crippen molar-refractivity contribution >= 4 is 5.69 Å². The molecule has 0 bridgehead atoms. The van der Waals surface area contributed by atoms with Gasteiger partial charge in [0.15, 0.2) is 0 Å².